The van der Waals surface area contributed by atoms with Crippen LogP contribution in [0.3, 0.4) is 0 Å². The molecule has 2 saturated heterocycles. The van der Waals surface area contributed by atoms with Gasteiger partial charge in [0.15, 0.2) is 0 Å². The third-order valence-corrected chi connectivity index (χ3v) is 15.2. The first-order valence-corrected chi connectivity index (χ1v) is 20.2. The molecule has 0 aliphatic carbocycles. The van der Waals surface area contributed by atoms with E-state index in [1.54, 1.807) is 0 Å². The first kappa shape index (κ1) is 33.7. The van der Waals surface area contributed by atoms with Crippen molar-refractivity contribution >= 4 is 15.2 Å². The summed E-state index contributed by atoms with van der Waals surface area (Å²) in [6.07, 6.45) is 0. The summed E-state index contributed by atoms with van der Waals surface area (Å²) in [4.78, 5) is 0. The molecule has 8 heteroatoms. The van der Waals surface area contributed by atoms with Gasteiger partial charge >= 0.3 is 15.2 Å². The fourth-order valence-electron chi connectivity index (χ4n) is 7.62. The van der Waals surface area contributed by atoms with Crippen molar-refractivity contribution in [3.8, 4) is 0 Å². The fraction of sp³-hybridized carbons (Fsp3) is 0.163. The molecule has 8 rings (SSSR count). The summed E-state index contributed by atoms with van der Waals surface area (Å²) in [5.74, 6) is 0. The second-order valence-electron chi connectivity index (χ2n) is 13.2. The zero-order chi connectivity index (χ0) is 34.8. The molecular weight excluding hydrogens is 674 g/mol. The van der Waals surface area contributed by atoms with Crippen LogP contribution in [0.25, 0.3) is 0 Å². The first-order chi connectivity index (χ1) is 25.0. The van der Waals surface area contributed by atoms with E-state index >= 15 is 9.13 Å². The van der Waals surface area contributed by atoms with Gasteiger partial charge in [-0.25, -0.2) is 0 Å². The Morgan fingerprint density at radius 2 is 0.510 bits per heavy atom. The van der Waals surface area contributed by atoms with Crippen molar-refractivity contribution in [2.45, 2.75) is 10.3 Å². The van der Waals surface area contributed by atoms with Crippen LogP contribution in [0.2, 0.25) is 0 Å². The molecule has 0 saturated carbocycles. The topological polar surface area (TPSA) is 71.1 Å². The zero-order valence-corrected chi connectivity index (χ0v) is 29.8. The van der Waals surface area contributed by atoms with Gasteiger partial charge in [-0.15, -0.1) is 0 Å². The summed E-state index contributed by atoms with van der Waals surface area (Å²) < 4.78 is 57.4. The second-order valence-corrected chi connectivity index (χ2v) is 17.6. The van der Waals surface area contributed by atoms with E-state index in [0.29, 0.717) is 0 Å². The van der Waals surface area contributed by atoms with Crippen LogP contribution in [0, 0.1) is 5.41 Å². The average molecular weight is 713 g/mol. The van der Waals surface area contributed by atoms with Crippen molar-refractivity contribution in [3.05, 3.63) is 215 Å². The predicted molar refractivity (Wildman–Crippen MR) is 200 cm³/mol. The Labute approximate surface area is 299 Å². The van der Waals surface area contributed by atoms with E-state index in [1.807, 2.05) is 182 Å². The molecule has 0 unspecified atom stereocenters. The van der Waals surface area contributed by atoms with E-state index in [4.69, 9.17) is 18.1 Å². The van der Waals surface area contributed by atoms with Crippen LogP contribution in [0.5, 0.6) is 0 Å². The summed E-state index contributed by atoms with van der Waals surface area (Å²) in [6.45, 7) is 0.0855. The summed E-state index contributed by atoms with van der Waals surface area (Å²) in [5, 5.41) is -2.51. The van der Waals surface area contributed by atoms with E-state index in [-0.39, 0.29) is 26.4 Å². The quantitative estimate of drug-likeness (QED) is 0.116. The van der Waals surface area contributed by atoms with E-state index in [1.165, 1.54) is 0 Å². The number of hydrogen-bond acceptors (Lipinski definition) is 6. The molecule has 0 radical (unpaired) electrons. The average Bonchev–Trinajstić information content (AvgIpc) is 3.20. The SMILES string of the molecule is O=P1(C(c2ccccc2)(c2ccccc2)c2ccccc2)OCC2(CO1)COP(=O)(C(c1ccccc1)(c1ccccc1)c1ccccc1)OC2. The van der Waals surface area contributed by atoms with Gasteiger partial charge in [-0.05, 0) is 33.4 Å². The van der Waals surface area contributed by atoms with Crippen molar-refractivity contribution < 1.29 is 27.2 Å². The van der Waals surface area contributed by atoms with Crippen molar-refractivity contribution in [1.29, 1.82) is 0 Å². The fourth-order valence-corrected chi connectivity index (χ4v) is 13.1. The largest absolute Gasteiger partial charge is 0.349 e. The van der Waals surface area contributed by atoms with Gasteiger partial charge in [-0.2, -0.15) is 0 Å². The third kappa shape index (κ3) is 5.50. The smallest absolute Gasteiger partial charge is 0.307 e. The monoisotopic (exact) mass is 712 g/mol. The van der Waals surface area contributed by atoms with Gasteiger partial charge < -0.3 is 18.1 Å². The molecule has 6 aromatic carbocycles. The lowest BCUT2D eigenvalue weighted by Gasteiger charge is -2.50. The summed E-state index contributed by atoms with van der Waals surface area (Å²) in [5.41, 5.74) is 3.90. The minimum absolute atomic E-state index is 0.0214. The van der Waals surface area contributed by atoms with Gasteiger partial charge in [0.25, 0.3) is 0 Å². The van der Waals surface area contributed by atoms with Crippen LogP contribution in [-0.4, -0.2) is 26.4 Å². The predicted octanol–water partition coefficient (Wildman–Crippen LogP) is 10.4. The molecule has 2 aliphatic heterocycles. The first-order valence-electron chi connectivity index (χ1n) is 17.1. The Balaban J connectivity index is 1.17. The van der Waals surface area contributed by atoms with Crippen LogP contribution in [0.1, 0.15) is 33.4 Å². The van der Waals surface area contributed by atoms with Gasteiger partial charge in [0, 0.05) is 0 Å². The molecule has 0 amide bonds. The molecule has 2 aliphatic rings. The highest BCUT2D eigenvalue weighted by Crippen LogP contribution is 2.75. The van der Waals surface area contributed by atoms with Gasteiger partial charge in [0.05, 0.1) is 31.8 Å². The molecule has 0 aromatic heterocycles. The Kier molecular flexibility index (Phi) is 9.02. The molecule has 0 atom stereocenters. The molecule has 0 bridgehead atoms. The Hall–Kier alpha value is -4.38. The molecule has 256 valence electrons. The molecule has 1 spiro atoms. The summed E-state index contributed by atoms with van der Waals surface area (Å²) >= 11 is 0. The Bertz CT molecular complexity index is 1790. The maximum atomic E-state index is 15.5. The van der Waals surface area contributed by atoms with E-state index in [9.17, 15) is 0 Å². The molecule has 2 fully saturated rings. The van der Waals surface area contributed by atoms with E-state index in [2.05, 4.69) is 0 Å². The molecule has 6 aromatic rings. The third-order valence-electron chi connectivity index (χ3n) is 10.1. The Morgan fingerprint density at radius 3 is 0.686 bits per heavy atom. The Morgan fingerprint density at radius 1 is 0.333 bits per heavy atom. The minimum atomic E-state index is -4.00. The van der Waals surface area contributed by atoms with Crippen LogP contribution < -0.4 is 0 Å². The van der Waals surface area contributed by atoms with Crippen molar-refractivity contribution in [3.63, 3.8) is 0 Å². The highest BCUT2D eigenvalue weighted by Gasteiger charge is 2.63. The van der Waals surface area contributed by atoms with Gasteiger partial charge in [-0.1, -0.05) is 182 Å². The normalized spacial score (nSPS) is 23.8. The lowest BCUT2D eigenvalue weighted by molar-refractivity contribution is -0.0728. The summed E-state index contributed by atoms with van der Waals surface area (Å²) in [7, 11) is -8.00. The number of benzene rings is 6. The lowest BCUT2D eigenvalue weighted by atomic mass is 9.84. The van der Waals surface area contributed by atoms with Crippen LogP contribution >= 0.6 is 15.2 Å². The van der Waals surface area contributed by atoms with E-state index in [0.717, 1.165) is 33.4 Å². The molecular formula is C43H38O6P2. The van der Waals surface area contributed by atoms with Crippen molar-refractivity contribution in [1.82, 2.24) is 0 Å². The second kappa shape index (κ2) is 13.6. The minimum Gasteiger partial charge on any atom is -0.307 e. The van der Waals surface area contributed by atoms with Gasteiger partial charge in [0.1, 0.15) is 10.3 Å². The van der Waals surface area contributed by atoms with E-state index < -0.39 is 30.9 Å². The van der Waals surface area contributed by atoms with Gasteiger partial charge in [0.2, 0.25) is 0 Å². The molecule has 2 heterocycles. The standard InChI is InChI=1S/C43H38O6P2/c44-50(42(35-19-7-1-8-20-35,36-21-9-2-10-22-36)37-23-11-3-12-24-37)46-31-41(32-47-50)33-48-51(45,49-34-41)43(38-25-13-4-14-26-38,39-27-15-5-16-28-39)40-29-17-6-18-30-40/h1-30H,31-34H2. The lowest BCUT2D eigenvalue weighted by Crippen LogP contribution is -2.49. The summed E-state index contributed by atoms with van der Waals surface area (Å²) in [6, 6.07) is 58.5. The number of hydrogen-bond donors (Lipinski definition) is 0. The highest BCUT2D eigenvalue weighted by atomic mass is 31.2. The zero-order valence-electron chi connectivity index (χ0n) is 28.0. The maximum Gasteiger partial charge on any atom is 0.349 e. The molecule has 51 heavy (non-hydrogen) atoms. The van der Waals surface area contributed by atoms with Crippen LogP contribution in [0.4, 0.5) is 0 Å². The number of rotatable bonds is 8. The van der Waals surface area contributed by atoms with Crippen molar-refractivity contribution in [2.75, 3.05) is 26.4 Å². The van der Waals surface area contributed by atoms with Gasteiger partial charge in [-0.3, -0.25) is 9.13 Å². The van der Waals surface area contributed by atoms with Crippen molar-refractivity contribution in [2.24, 2.45) is 5.41 Å². The molecule has 0 N–H and O–H groups in total. The highest BCUT2D eigenvalue weighted by molar-refractivity contribution is 7.56. The van der Waals surface area contributed by atoms with Crippen LogP contribution in [-0.2, 0) is 37.5 Å². The molecule has 6 nitrogen and oxygen atoms in total. The van der Waals surface area contributed by atoms with Crippen LogP contribution in [0.15, 0.2) is 182 Å². The maximum absolute atomic E-state index is 15.5.